The Hall–Kier alpha value is -1.94. The second-order valence-electron chi connectivity index (χ2n) is 3.92. The highest BCUT2D eigenvalue weighted by Gasteiger charge is 2.10. The van der Waals surface area contributed by atoms with Gasteiger partial charge in [0.1, 0.15) is 23.4 Å². The molecule has 3 aromatic rings. The molecule has 0 saturated carbocycles. The fraction of sp³-hybridized carbons (Fsp3) is 0.0833. The Labute approximate surface area is 102 Å². The number of benzene rings is 1. The smallest absolute Gasteiger partial charge is 0.141 e. The lowest BCUT2D eigenvalue weighted by molar-refractivity contribution is 0.535. The highest BCUT2D eigenvalue weighted by molar-refractivity contribution is 6.31. The van der Waals surface area contributed by atoms with Crippen molar-refractivity contribution >= 4 is 28.3 Å². The molecule has 0 saturated heterocycles. The van der Waals surface area contributed by atoms with E-state index in [4.69, 9.17) is 21.8 Å². The summed E-state index contributed by atoms with van der Waals surface area (Å²) in [5.41, 5.74) is 8.87. The van der Waals surface area contributed by atoms with Crippen molar-refractivity contribution in [2.45, 2.75) is 6.92 Å². The molecule has 0 fully saturated rings. The van der Waals surface area contributed by atoms with Gasteiger partial charge in [-0.3, -0.25) is 0 Å². The molecular weight excluding hydrogens is 238 g/mol. The van der Waals surface area contributed by atoms with E-state index in [9.17, 15) is 0 Å². The molecule has 0 aliphatic heterocycles. The largest absolute Gasteiger partial charge is 0.469 e. The molecule has 2 aromatic heterocycles. The van der Waals surface area contributed by atoms with E-state index in [1.54, 1.807) is 18.4 Å². The number of nitrogens with two attached hydrogens (primary N) is 1. The first-order valence-electron chi connectivity index (χ1n) is 5.14. The van der Waals surface area contributed by atoms with Gasteiger partial charge in [-0.15, -0.1) is 0 Å². The summed E-state index contributed by atoms with van der Waals surface area (Å²) in [5.74, 6) is 1.57. The average Bonchev–Trinajstić information content (AvgIpc) is 2.83. The molecule has 0 aliphatic rings. The topological polar surface area (TPSA) is 67.8 Å². The van der Waals surface area contributed by atoms with Crippen molar-refractivity contribution in [3.63, 3.8) is 0 Å². The number of H-pyrrole nitrogens is 1. The van der Waals surface area contributed by atoms with E-state index in [0.29, 0.717) is 10.7 Å². The van der Waals surface area contributed by atoms with Gasteiger partial charge in [0.25, 0.3) is 0 Å². The molecule has 3 rings (SSSR count). The predicted molar refractivity (Wildman–Crippen MR) is 68.0 cm³/mol. The van der Waals surface area contributed by atoms with Crippen LogP contribution in [0.2, 0.25) is 5.02 Å². The Bertz CT molecular complexity index is 699. The maximum Gasteiger partial charge on any atom is 0.141 e. The van der Waals surface area contributed by atoms with Crippen molar-refractivity contribution in [1.82, 2.24) is 9.97 Å². The number of aromatic nitrogens is 2. The van der Waals surface area contributed by atoms with Gasteiger partial charge in [-0.05, 0) is 25.1 Å². The maximum atomic E-state index is 5.94. The SMILES string of the molecule is Cc1cc(-c2nc3c(N)cc(Cl)cc3[nH]2)co1. The van der Waals surface area contributed by atoms with Crippen LogP contribution in [-0.4, -0.2) is 9.97 Å². The summed E-state index contributed by atoms with van der Waals surface area (Å²) in [5, 5.41) is 0.591. The van der Waals surface area contributed by atoms with E-state index in [0.717, 1.165) is 28.2 Å². The van der Waals surface area contributed by atoms with Crippen LogP contribution in [-0.2, 0) is 0 Å². The van der Waals surface area contributed by atoms with Gasteiger partial charge in [-0.2, -0.15) is 0 Å². The van der Waals surface area contributed by atoms with Crippen molar-refractivity contribution in [2.24, 2.45) is 0 Å². The van der Waals surface area contributed by atoms with Crippen LogP contribution in [0.3, 0.4) is 0 Å². The molecule has 0 unspecified atom stereocenters. The molecule has 0 aliphatic carbocycles. The number of nitrogen functional groups attached to an aromatic ring is 1. The van der Waals surface area contributed by atoms with Crippen molar-refractivity contribution < 1.29 is 4.42 Å². The Morgan fingerprint density at radius 2 is 2.18 bits per heavy atom. The normalized spacial score (nSPS) is 11.2. The van der Waals surface area contributed by atoms with E-state index in [-0.39, 0.29) is 0 Å². The van der Waals surface area contributed by atoms with Gasteiger partial charge in [0, 0.05) is 5.02 Å². The number of hydrogen-bond donors (Lipinski definition) is 2. The van der Waals surface area contributed by atoms with Crippen LogP contribution in [0, 0.1) is 6.92 Å². The minimum atomic E-state index is 0.565. The van der Waals surface area contributed by atoms with Gasteiger partial charge >= 0.3 is 0 Å². The standard InChI is InChI=1S/C12H10ClN3O/c1-6-2-7(5-17-6)12-15-10-4-8(13)3-9(14)11(10)16-12/h2-5H,14H2,1H3,(H,15,16). The fourth-order valence-electron chi connectivity index (χ4n) is 1.81. The van der Waals surface area contributed by atoms with Crippen LogP contribution in [0.15, 0.2) is 28.9 Å². The monoisotopic (exact) mass is 247 g/mol. The number of rotatable bonds is 1. The fourth-order valence-corrected chi connectivity index (χ4v) is 2.04. The van der Waals surface area contributed by atoms with Crippen molar-refractivity contribution in [1.29, 1.82) is 0 Å². The first-order chi connectivity index (χ1) is 8.13. The van der Waals surface area contributed by atoms with E-state index >= 15 is 0 Å². The Morgan fingerprint density at radius 3 is 2.88 bits per heavy atom. The van der Waals surface area contributed by atoms with E-state index in [1.165, 1.54) is 0 Å². The van der Waals surface area contributed by atoms with Gasteiger partial charge < -0.3 is 15.1 Å². The molecule has 3 N–H and O–H groups in total. The van der Waals surface area contributed by atoms with Gasteiger partial charge in [0.2, 0.25) is 0 Å². The van der Waals surface area contributed by atoms with Crippen molar-refractivity contribution in [3.8, 4) is 11.4 Å². The number of fused-ring (bicyclic) bond motifs is 1. The number of furan rings is 1. The van der Waals surface area contributed by atoms with Gasteiger partial charge in [0.05, 0.1) is 16.8 Å². The lowest BCUT2D eigenvalue weighted by Gasteiger charge is -1.94. The number of nitrogens with zero attached hydrogens (tertiary/aromatic N) is 1. The lowest BCUT2D eigenvalue weighted by Crippen LogP contribution is -1.86. The summed E-state index contributed by atoms with van der Waals surface area (Å²) in [4.78, 5) is 7.61. The Morgan fingerprint density at radius 1 is 1.35 bits per heavy atom. The van der Waals surface area contributed by atoms with Crippen LogP contribution in [0.5, 0.6) is 0 Å². The highest BCUT2D eigenvalue weighted by atomic mass is 35.5. The van der Waals surface area contributed by atoms with Gasteiger partial charge in [-0.1, -0.05) is 11.6 Å². The molecule has 2 heterocycles. The second-order valence-corrected chi connectivity index (χ2v) is 4.36. The number of imidazole rings is 1. The predicted octanol–water partition coefficient (Wildman–Crippen LogP) is 3.37. The number of aromatic amines is 1. The molecule has 0 amide bonds. The summed E-state index contributed by atoms with van der Waals surface area (Å²) in [6, 6.07) is 5.40. The summed E-state index contributed by atoms with van der Waals surface area (Å²) in [7, 11) is 0. The van der Waals surface area contributed by atoms with Gasteiger partial charge in [0.15, 0.2) is 0 Å². The molecule has 0 spiro atoms. The molecule has 86 valence electrons. The third kappa shape index (κ3) is 1.66. The molecule has 5 heteroatoms. The van der Waals surface area contributed by atoms with Crippen LogP contribution in [0.1, 0.15) is 5.76 Å². The first kappa shape index (κ1) is 10.2. The van der Waals surface area contributed by atoms with Gasteiger partial charge in [-0.25, -0.2) is 4.98 Å². The van der Waals surface area contributed by atoms with E-state index < -0.39 is 0 Å². The number of nitrogens with one attached hydrogen (secondary N) is 1. The zero-order chi connectivity index (χ0) is 12.0. The summed E-state index contributed by atoms with van der Waals surface area (Å²) >= 11 is 5.94. The minimum absolute atomic E-state index is 0.565. The summed E-state index contributed by atoms with van der Waals surface area (Å²) < 4.78 is 5.25. The molecule has 0 atom stereocenters. The molecule has 0 radical (unpaired) electrons. The quantitative estimate of drug-likeness (QED) is 0.648. The van der Waals surface area contributed by atoms with E-state index in [2.05, 4.69) is 9.97 Å². The summed E-state index contributed by atoms with van der Waals surface area (Å²) in [6.07, 6.45) is 1.66. The number of hydrogen-bond acceptors (Lipinski definition) is 3. The molecule has 1 aromatic carbocycles. The lowest BCUT2D eigenvalue weighted by atomic mass is 10.3. The van der Waals surface area contributed by atoms with Crippen LogP contribution in [0.25, 0.3) is 22.4 Å². The zero-order valence-corrected chi connectivity index (χ0v) is 9.88. The van der Waals surface area contributed by atoms with Crippen molar-refractivity contribution in [3.05, 3.63) is 35.2 Å². The first-order valence-corrected chi connectivity index (χ1v) is 5.51. The Kier molecular flexibility index (Phi) is 2.12. The maximum absolute atomic E-state index is 5.94. The zero-order valence-electron chi connectivity index (χ0n) is 9.12. The second kappa shape index (κ2) is 3.53. The average molecular weight is 248 g/mol. The van der Waals surface area contributed by atoms with Crippen LogP contribution >= 0.6 is 11.6 Å². The van der Waals surface area contributed by atoms with Crippen LogP contribution < -0.4 is 5.73 Å². The number of anilines is 1. The molecule has 17 heavy (non-hydrogen) atoms. The van der Waals surface area contributed by atoms with E-state index in [1.807, 2.05) is 13.0 Å². The third-order valence-electron chi connectivity index (χ3n) is 2.58. The number of aryl methyl sites for hydroxylation is 1. The van der Waals surface area contributed by atoms with Crippen LogP contribution in [0.4, 0.5) is 5.69 Å². The molecular formula is C12H10ClN3O. The highest BCUT2D eigenvalue weighted by Crippen LogP contribution is 2.28. The molecule has 0 bridgehead atoms. The minimum Gasteiger partial charge on any atom is -0.469 e. The molecule has 4 nitrogen and oxygen atoms in total. The third-order valence-corrected chi connectivity index (χ3v) is 2.80. The number of halogens is 1. The Balaban J connectivity index is 2.23. The van der Waals surface area contributed by atoms with Crippen molar-refractivity contribution in [2.75, 3.05) is 5.73 Å². The summed E-state index contributed by atoms with van der Waals surface area (Å²) in [6.45, 7) is 1.89.